The summed E-state index contributed by atoms with van der Waals surface area (Å²) in [4.78, 5) is 9.89. The third-order valence-corrected chi connectivity index (χ3v) is 5.37. The molecule has 0 aliphatic heterocycles. The Morgan fingerprint density at radius 3 is 2.64 bits per heavy atom. The molecule has 0 aliphatic carbocycles. The average molecular weight is 394 g/mol. The van der Waals surface area contributed by atoms with Crippen LogP contribution >= 0.6 is 11.8 Å². The number of guanidine groups is 1. The van der Waals surface area contributed by atoms with Gasteiger partial charge in [0.05, 0.1) is 0 Å². The van der Waals surface area contributed by atoms with E-state index in [1.807, 2.05) is 37.1 Å². The average Bonchev–Trinajstić information content (AvgIpc) is 3.13. The summed E-state index contributed by atoms with van der Waals surface area (Å²) in [5, 5.41) is 6.77. The summed E-state index contributed by atoms with van der Waals surface area (Å²) in [6, 6.07) is 19.1. The molecule has 146 valence electrons. The Morgan fingerprint density at radius 1 is 1.07 bits per heavy atom. The quantitative estimate of drug-likeness (QED) is 0.265. The molecule has 1 aromatic heterocycles. The Labute approximate surface area is 171 Å². The molecule has 6 heteroatoms. The monoisotopic (exact) mass is 393 g/mol. The molecule has 5 nitrogen and oxygen atoms in total. The van der Waals surface area contributed by atoms with Crippen molar-refractivity contribution in [2.45, 2.75) is 24.9 Å². The minimum atomic E-state index is 0.738. The van der Waals surface area contributed by atoms with Crippen LogP contribution in [0.3, 0.4) is 0 Å². The minimum absolute atomic E-state index is 0.738. The van der Waals surface area contributed by atoms with E-state index in [4.69, 9.17) is 0 Å². The van der Waals surface area contributed by atoms with Crippen molar-refractivity contribution < 1.29 is 0 Å². The minimum Gasteiger partial charge on any atom is -0.356 e. The van der Waals surface area contributed by atoms with E-state index in [2.05, 4.69) is 73.7 Å². The number of hydrogen-bond donors (Lipinski definition) is 2. The van der Waals surface area contributed by atoms with Gasteiger partial charge in [0.1, 0.15) is 5.82 Å². The van der Waals surface area contributed by atoms with Crippen molar-refractivity contribution in [3.63, 3.8) is 0 Å². The van der Waals surface area contributed by atoms with Crippen molar-refractivity contribution in [1.29, 1.82) is 0 Å². The zero-order valence-electron chi connectivity index (χ0n) is 16.4. The van der Waals surface area contributed by atoms with Gasteiger partial charge < -0.3 is 15.2 Å². The number of aryl methyl sites for hydroxylation is 1. The maximum absolute atomic E-state index is 4.32. The Balaban J connectivity index is 1.44. The number of aromatic nitrogens is 2. The third kappa shape index (κ3) is 6.16. The zero-order chi connectivity index (χ0) is 19.6. The smallest absolute Gasteiger partial charge is 0.191 e. The summed E-state index contributed by atoms with van der Waals surface area (Å²) in [6.07, 6.45) is 3.85. The maximum atomic E-state index is 4.32. The first kappa shape index (κ1) is 20.0. The van der Waals surface area contributed by atoms with Crippen LogP contribution < -0.4 is 10.6 Å². The lowest BCUT2D eigenvalue weighted by molar-refractivity contribution is 0.758. The van der Waals surface area contributed by atoms with Gasteiger partial charge in [-0.05, 0) is 30.2 Å². The fourth-order valence-electron chi connectivity index (χ4n) is 2.87. The molecule has 0 saturated carbocycles. The van der Waals surface area contributed by atoms with Gasteiger partial charge in [0.25, 0.3) is 0 Å². The van der Waals surface area contributed by atoms with Crippen LogP contribution in [0.2, 0.25) is 0 Å². The van der Waals surface area contributed by atoms with Gasteiger partial charge in [-0.15, -0.1) is 11.8 Å². The molecule has 0 fully saturated rings. The van der Waals surface area contributed by atoms with Crippen LogP contribution in [0.25, 0.3) is 0 Å². The second-order valence-electron chi connectivity index (χ2n) is 6.44. The molecule has 0 amide bonds. The molecule has 2 N–H and O–H groups in total. The normalized spacial score (nSPS) is 11.4. The van der Waals surface area contributed by atoms with E-state index < -0.39 is 0 Å². The van der Waals surface area contributed by atoms with Gasteiger partial charge in [0.15, 0.2) is 5.96 Å². The van der Waals surface area contributed by atoms with E-state index in [-0.39, 0.29) is 0 Å². The van der Waals surface area contributed by atoms with Crippen molar-refractivity contribution in [3.8, 4) is 0 Å². The van der Waals surface area contributed by atoms with E-state index in [1.165, 1.54) is 16.0 Å². The standard InChI is InChI=1S/C22H27N5S/c1-18-24-11-13-27(18)17-20-8-6-7-19(15-20)16-26-22(23-2)25-12-14-28-21-9-4-3-5-10-21/h3-11,13,15H,12,14,16-17H2,1-2H3,(H2,23,25,26). The van der Waals surface area contributed by atoms with Crippen LogP contribution in [0.4, 0.5) is 0 Å². The van der Waals surface area contributed by atoms with Gasteiger partial charge in [-0.2, -0.15) is 0 Å². The largest absolute Gasteiger partial charge is 0.356 e. The van der Waals surface area contributed by atoms with Crippen molar-refractivity contribution in [1.82, 2.24) is 20.2 Å². The number of imidazole rings is 1. The molecule has 3 aromatic rings. The van der Waals surface area contributed by atoms with Crippen LogP contribution in [0.1, 0.15) is 17.0 Å². The lowest BCUT2D eigenvalue weighted by atomic mass is 10.1. The third-order valence-electron chi connectivity index (χ3n) is 4.36. The van der Waals surface area contributed by atoms with Crippen molar-refractivity contribution in [3.05, 3.63) is 83.9 Å². The highest BCUT2D eigenvalue weighted by Gasteiger charge is 2.02. The molecule has 0 atom stereocenters. The molecule has 0 aliphatic rings. The molecule has 2 aromatic carbocycles. The summed E-state index contributed by atoms with van der Waals surface area (Å²) in [5.74, 6) is 2.84. The molecule has 0 saturated heterocycles. The molecule has 0 bridgehead atoms. The molecule has 28 heavy (non-hydrogen) atoms. The highest BCUT2D eigenvalue weighted by molar-refractivity contribution is 7.99. The van der Waals surface area contributed by atoms with Crippen LogP contribution in [0.15, 0.2) is 76.9 Å². The highest BCUT2D eigenvalue weighted by Crippen LogP contribution is 2.15. The highest BCUT2D eigenvalue weighted by atomic mass is 32.2. The van der Waals surface area contributed by atoms with Gasteiger partial charge in [-0.1, -0.05) is 42.5 Å². The second kappa shape index (κ2) is 10.6. The van der Waals surface area contributed by atoms with Crippen molar-refractivity contribution in [2.24, 2.45) is 4.99 Å². The van der Waals surface area contributed by atoms with Crippen LogP contribution in [-0.4, -0.2) is 34.9 Å². The van der Waals surface area contributed by atoms with E-state index in [0.29, 0.717) is 0 Å². The lowest BCUT2D eigenvalue weighted by Gasteiger charge is -2.13. The molecule has 3 rings (SSSR count). The van der Waals surface area contributed by atoms with Gasteiger partial charge in [0.2, 0.25) is 0 Å². The molecule has 0 spiro atoms. The molecule has 1 heterocycles. The Morgan fingerprint density at radius 2 is 1.89 bits per heavy atom. The van der Waals surface area contributed by atoms with Crippen molar-refractivity contribution >= 4 is 17.7 Å². The molecule has 0 unspecified atom stereocenters. The number of aliphatic imine (C=N–C) groups is 1. The summed E-state index contributed by atoms with van der Waals surface area (Å²) in [5.41, 5.74) is 2.50. The molecular weight excluding hydrogens is 366 g/mol. The number of thioether (sulfide) groups is 1. The fourth-order valence-corrected chi connectivity index (χ4v) is 3.66. The first-order valence-corrected chi connectivity index (χ1v) is 10.4. The molecular formula is C22H27N5S. The first-order chi connectivity index (χ1) is 13.7. The molecule has 0 radical (unpaired) electrons. The zero-order valence-corrected chi connectivity index (χ0v) is 17.2. The SMILES string of the molecule is CN=C(NCCSc1ccccc1)NCc1cccc(Cn2ccnc2C)c1. The Bertz CT molecular complexity index is 889. The Hall–Kier alpha value is -2.73. The number of benzene rings is 2. The topological polar surface area (TPSA) is 54.2 Å². The van der Waals surface area contributed by atoms with Crippen LogP contribution in [0, 0.1) is 6.92 Å². The second-order valence-corrected chi connectivity index (χ2v) is 7.60. The predicted molar refractivity (Wildman–Crippen MR) is 118 cm³/mol. The predicted octanol–water partition coefficient (Wildman–Crippen LogP) is 3.70. The maximum Gasteiger partial charge on any atom is 0.191 e. The lowest BCUT2D eigenvalue weighted by Crippen LogP contribution is -2.37. The van der Waals surface area contributed by atoms with E-state index in [0.717, 1.165) is 37.2 Å². The first-order valence-electron chi connectivity index (χ1n) is 9.42. The number of rotatable bonds is 8. The number of hydrogen-bond acceptors (Lipinski definition) is 3. The van der Waals surface area contributed by atoms with E-state index in [1.54, 1.807) is 7.05 Å². The van der Waals surface area contributed by atoms with Crippen LogP contribution in [-0.2, 0) is 13.1 Å². The van der Waals surface area contributed by atoms with Crippen molar-refractivity contribution in [2.75, 3.05) is 19.3 Å². The van der Waals surface area contributed by atoms with E-state index >= 15 is 0 Å². The van der Waals surface area contributed by atoms with E-state index in [9.17, 15) is 0 Å². The van der Waals surface area contributed by atoms with Gasteiger partial charge in [-0.3, -0.25) is 4.99 Å². The van der Waals surface area contributed by atoms with Gasteiger partial charge >= 0.3 is 0 Å². The summed E-state index contributed by atoms with van der Waals surface area (Å²) in [6.45, 7) is 4.46. The summed E-state index contributed by atoms with van der Waals surface area (Å²) < 4.78 is 2.15. The fraction of sp³-hybridized carbons (Fsp3) is 0.273. The summed E-state index contributed by atoms with van der Waals surface area (Å²) >= 11 is 1.84. The van der Waals surface area contributed by atoms with Gasteiger partial charge in [-0.25, -0.2) is 4.98 Å². The number of nitrogens with zero attached hydrogens (tertiary/aromatic N) is 3. The Kier molecular flexibility index (Phi) is 7.55. The summed E-state index contributed by atoms with van der Waals surface area (Å²) in [7, 11) is 1.80. The number of nitrogens with one attached hydrogen (secondary N) is 2. The van der Waals surface area contributed by atoms with Crippen LogP contribution in [0.5, 0.6) is 0 Å². The van der Waals surface area contributed by atoms with Gasteiger partial charge in [0, 0.05) is 49.7 Å².